The molecule has 0 radical (unpaired) electrons. The first-order valence-electron chi connectivity index (χ1n) is 10.7. The molecule has 2 unspecified atom stereocenters. The second-order valence-electron chi connectivity index (χ2n) is 7.87. The molecule has 1 aliphatic carbocycles. The summed E-state index contributed by atoms with van der Waals surface area (Å²) in [6.07, 6.45) is 3.55. The minimum absolute atomic E-state index is 0.0654. The van der Waals surface area contributed by atoms with Crippen LogP contribution in [0, 0.1) is 0 Å². The number of methoxy groups -OCH3 is 1. The molecule has 166 valence electrons. The summed E-state index contributed by atoms with van der Waals surface area (Å²) in [5.74, 6) is 0.475. The van der Waals surface area contributed by atoms with E-state index >= 15 is 0 Å². The van der Waals surface area contributed by atoms with Gasteiger partial charge in [-0.05, 0) is 36.1 Å². The second kappa shape index (κ2) is 11.4. The third-order valence-corrected chi connectivity index (χ3v) is 5.57. The number of rotatable bonds is 8. The molecular weight excluding hydrogens is 394 g/mol. The molecule has 7 nitrogen and oxygen atoms in total. The van der Waals surface area contributed by atoms with Crippen LogP contribution in [0.4, 0.5) is 4.79 Å². The fourth-order valence-corrected chi connectivity index (χ4v) is 3.74. The van der Waals surface area contributed by atoms with Crippen molar-refractivity contribution in [2.45, 2.75) is 56.8 Å². The van der Waals surface area contributed by atoms with Gasteiger partial charge in [-0.3, -0.25) is 4.79 Å². The maximum atomic E-state index is 13.0. The number of benzene rings is 2. The molecule has 2 amide bonds. The van der Waals surface area contributed by atoms with Crippen molar-refractivity contribution in [3.05, 3.63) is 65.7 Å². The predicted octanol–water partition coefficient (Wildman–Crippen LogP) is 2.92. The van der Waals surface area contributed by atoms with Gasteiger partial charge in [0.1, 0.15) is 18.4 Å². The van der Waals surface area contributed by atoms with Crippen molar-refractivity contribution in [2.75, 3.05) is 7.11 Å². The maximum Gasteiger partial charge on any atom is 0.408 e. The number of nitrogens with one attached hydrogen (secondary N) is 2. The van der Waals surface area contributed by atoms with Gasteiger partial charge < -0.3 is 25.8 Å². The molecule has 0 aliphatic heterocycles. The van der Waals surface area contributed by atoms with Gasteiger partial charge in [0.05, 0.1) is 7.11 Å². The van der Waals surface area contributed by atoms with Gasteiger partial charge >= 0.3 is 6.09 Å². The Morgan fingerprint density at radius 3 is 2.42 bits per heavy atom. The van der Waals surface area contributed by atoms with Crippen LogP contribution >= 0.6 is 0 Å². The van der Waals surface area contributed by atoms with E-state index in [1.54, 1.807) is 7.11 Å². The highest BCUT2D eigenvalue weighted by molar-refractivity contribution is 5.86. The molecule has 1 fully saturated rings. The molecule has 7 heteroatoms. The monoisotopic (exact) mass is 425 g/mol. The van der Waals surface area contributed by atoms with Gasteiger partial charge in [-0.2, -0.15) is 0 Å². The molecule has 0 aromatic heterocycles. The van der Waals surface area contributed by atoms with E-state index in [-0.39, 0.29) is 24.6 Å². The molecule has 3 rings (SSSR count). The lowest BCUT2D eigenvalue weighted by Crippen LogP contribution is -2.55. The fraction of sp³-hybridized carbons (Fsp3) is 0.417. The minimum Gasteiger partial charge on any atom is -0.497 e. The topological polar surface area (TPSA) is 103 Å². The number of hydrogen-bond donors (Lipinski definition) is 3. The molecule has 1 aliphatic rings. The highest BCUT2D eigenvalue weighted by Crippen LogP contribution is 2.18. The van der Waals surface area contributed by atoms with Gasteiger partial charge in [0.25, 0.3) is 0 Å². The lowest BCUT2D eigenvalue weighted by atomic mass is 9.90. The number of nitrogens with two attached hydrogens (primary N) is 1. The van der Waals surface area contributed by atoms with E-state index < -0.39 is 12.1 Å². The van der Waals surface area contributed by atoms with E-state index in [2.05, 4.69) is 10.6 Å². The van der Waals surface area contributed by atoms with Crippen LogP contribution in [0.25, 0.3) is 0 Å². The Labute approximate surface area is 183 Å². The summed E-state index contributed by atoms with van der Waals surface area (Å²) in [5, 5.41) is 5.76. The van der Waals surface area contributed by atoms with Crippen LogP contribution < -0.4 is 21.1 Å². The van der Waals surface area contributed by atoms with Crippen molar-refractivity contribution in [3.8, 4) is 5.75 Å². The Hall–Kier alpha value is -3.06. The average Bonchev–Trinajstić information content (AvgIpc) is 2.80. The summed E-state index contributed by atoms with van der Waals surface area (Å²) in [7, 11) is 1.60. The predicted molar refractivity (Wildman–Crippen MR) is 119 cm³/mol. The SMILES string of the molecule is COc1ccc(C[C@H](NC(=O)OCc2ccccc2)C(=O)NC2CCCCC2N)cc1. The van der Waals surface area contributed by atoms with Gasteiger partial charge in [0.2, 0.25) is 5.91 Å². The summed E-state index contributed by atoms with van der Waals surface area (Å²) in [5.41, 5.74) is 7.96. The lowest BCUT2D eigenvalue weighted by Gasteiger charge is -2.31. The Balaban J connectivity index is 1.64. The first-order chi connectivity index (χ1) is 15.0. The average molecular weight is 426 g/mol. The molecule has 0 bridgehead atoms. The first kappa shape index (κ1) is 22.6. The Bertz CT molecular complexity index is 842. The molecule has 2 aromatic carbocycles. The zero-order valence-corrected chi connectivity index (χ0v) is 17.9. The molecule has 4 N–H and O–H groups in total. The third-order valence-electron chi connectivity index (χ3n) is 5.57. The number of amides is 2. The molecule has 1 saturated carbocycles. The van der Waals surface area contributed by atoms with Gasteiger partial charge in [-0.1, -0.05) is 55.3 Å². The number of ether oxygens (including phenoxy) is 2. The molecule has 0 heterocycles. The molecule has 0 spiro atoms. The van der Waals surface area contributed by atoms with Crippen molar-refractivity contribution in [2.24, 2.45) is 5.73 Å². The van der Waals surface area contributed by atoms with Crippen LogP contribution in [0.1, 0.15) is 36.8 Å². The summed E-state index contributed by atoms with van der Waals surface area (Å²) in [4.78, 5) is 25.5. The van der Waals surface area contributed by atoms with E-state index in [0.29, 0.717) is 6.42 Å². The van der Waals surface area contributed by atoms with Crippen molar-refractivity contribution >= 4 is 12.0 Å². The van der Waals surface area contributed by atoms with E-state index in [1.165, 1.54) is 0 Å². The molecule has 2 aromatic rings. The van der Waals surface area contributed by atoms with E-state index in [9.17, 15) is 9.59 Å². The summed E-state index contributed by atoms with van der Waals surface area (Å²) in [6.45, 7) is 0.136. The van der Waals surface area contributed by atoms with Crippen LogP contribution in [-0.2, 0) is 22.6 Å². The van der Waals surface area contributed by atoms with Gasteiger partial charge in [0.15, 0.2) is 0 Å². The zero-order chi connectivity index (χ0) is 22.1. The summed E-state index contributed by atoms with van der Waals surface area (Å²) in [6, 6.07) is 15.9. The van der Waals surface area contributed by atoms with E-state index in [1.807, 2.05) is 54.6 Å². The minimum atomic E-state index is -0.772. The van der Waals surface area contributed by atoms with Crippen LogP contribution in [0.3, 0.4) is 0 Å². The van der Waals surface area contributed by atoms with Crippen molar-refractivity contribution in [1.82, 2.24) is 10.6 Å². The first-order valence-corrected chi connectivity index (χ1v) is 10.7. The van der Waals surface area contributed by atoms with Crippen LogP contribution in [0.15, 0.2) is 54.6 Å². The largest absolute Gasteiger partial charge is 0.497 e. The Morgan fingerprint density at radius 1 is 1.03 bits per heavy atom. The number of carbonyl (C=O) groups is 2. The number of carbonyl (C=O) groups excluding carboxylic acids is 2. The zero-order valence-electron chi connectivity index (χ0n) is 17.9. The normalized spacial score (nSPS) is 19.2. The third kappa shape index (κ3) is 7.00. The lowest BCUT2D eigenvalue weighted by molar-refractivity contribution is -0.124. The highest BCUT2D eigenvalue weighted by Gasteiger charge is 2.28. The fourth-order valence-electron chi connectivity index (χ4n) is 3.74. The van der Waals surface area contributed by atoms with Crippen LogP contribution in [0.5, 0.6) is 5.75 Å². The second-order valence-corrected chi connectivity index (χ2v) is 7.87. The van der Waals surface area contributed by atoms with E-state index in [0.717, 1.165) is 42.6 Å². The van der Waals surface area contributed by atoms with Crippen molar-refractivity contribution in [1.29, 1.82) is 0 Å². The highest BCUT2D eigenvalue weighted by atomic mass is 16.5. The summed E-state index contributed by atoms with van der Waals surface area (Å²) >= 11 is 0. The van der Waals surface area contributed by atoms with Crippen molar-refractivity contribution in [3.63, 3.8) is 0 Å². The number of alkyl carbamates (subject to hydrolysis) is 1. The smallest absolute Gasteiger partial charge is 0.408 e. The van der Waals surface area contributed by atoms with Crippen LogP contribution in [-0.4, -0.2) is 37.2 Å². The quantitative estimate of drug-likeness (QED) is 0.603. The Kier molecular flexibility index (Phi) is 8.29. The van der Waals surface area contributed by atoms with E-state index in [4.69, 9.17) is 15.2 Å². The standard InChI is InChI=1S/C24H31N3O4/c1-30-19-13-11-17(12-14-19)15-22(23(28)26-21-10-6-5-9-20(21)25)27-24(29)31-16-18-7-3-2-4-8-18/h2-4,7-8,11-14,20-22H,5-6,9-10,15-16,25H2,1H3,(H,26,28)(H,27,29)/t20?,21?,22-/m0/s1. The van der Waals surface area contributed by atoms with Crippen LogP contribution in [0.2, 0.25) is 0 Å². The maximum absolute atomic E-state index is 13.0. The summed E-state index contributed by atoms with van der Waals surface area (Å²) < 4.78 is 10.5. The van der Waals surface area contributed by atoms with Crippen molar-refractivity contribution < 1.29 is 19.1 Å². The molecule has 3 atom stereocenters. The van der Waals surface area contributed by atoms with Gasteiger partial charge in [-0.25, -0.2) is 4.79 Å². The number of hydrogen-bond acceptors (Lipinski definition) is 5. The molecule has 0 saturated heterocycles. The Morgan fingerprint density at radius 2 is 1.74 bits per heavy atom. The molecular formula is C24H31N3O4. The van der Waals surface area contributed by atoms with Gasteiger partial charge in [-0.15, -0.1) is 0 Å². The molecule has 31 heavy (non-hydrogen) atoms. The van der Waals surface area contributed by atoms with Gasteiger partial charge in [0, 0.05) is 18.5 Å².